The lowest BCUT2D eigenvalue weighted by Gasteiger charge is -2.26. The zero-order valence-electron chi connectivity index (χ0n) is 11.5. The molecule has 19 heavy (non-hydrogen) atoms. The van der Waals surface area contributed by atoms with Gasteiger partial charge in [0.15, 0.2) is 0 Å². The molecule has 4 nitrogen and oxygen atoms in total. The Hall–Kier alpha value is -1.10. The molecule has 1 saturated heterocycles. The van der Waals surface area contributed by atoms with E-state index in [1.54, 1.807) is 0 Å². The smallest absolute Gasteiger partial charge is 0.119 e. The Morgan fingerprint density at radius 3 is 2.89 bits per heavy atom. The number of benzene rings is 1. The van der Waals surface area contributed by atoms with Gasteiger partial charge in [-0.25, -0.2) is 0 Å². The number of rotatable bonds is 7. The van der Waals surface area contributed by atoms with Gasteiger partial charge >= 0.3 is 0 Å². The summed E-state index contributed by atoms with van der Waals surface area (Å²) in [6.45, 7) is 4.67. The quantitative estimate of drug-likeness (QED) is 0.735. The van der Waals surface area contributed by atoms with Crippen molar-refractivity contribution in [2.75, 3.05) is 26.3 Å². The molecule has 1 aromatic rings. The third kappa shape index (κ3) is 4.20. The highest BCUT2D eigenvalue weighted by Gasteiger charge is 2.38. The molecule has 1 fully saturated rings. The molecule has 2 rings (SSSR count). The number of nitrogens with one attached hydrogen (secondary N) is 1. The average Bonchev–Trinajstić information content (AvgIpc) is 2.75. The number of hydrogen-bond acceptors (Lipinski definition) is 4. The molecular weight excluding hydrogens is 242 g/mol. The number of aliphatic hydroxyl groups is 1. The van der Waals surface area contributed by atoms with E-state index < -0.39 is 5.60 Å². The molecule has 4 heteroatoms. The molecule has 0 saturated carbocycles. The molecule has 106 valence electrons. The second kappa shape index (κ2) is 6.89. The van der Waals surface area contributed by atoms with Crippen LogP contribution >= 0.6 is 0 Å². The van der Waals surface area contributed by atoms with Gasteiger partial charge in [-0.1, -0.05) is 18.2 Å². The predicted octanol–water partition coefficient (Wildman–Crippen LogP) is 1.58. The van der Waals surface area contributed by atoms with Gasteiger partial charge in [0.1, 0.15) is 11.4 Å². The fraction of sp³-hybridized carbons (Fsp3) is 0.600. The van der Waals surface area contributed by atoms with E-state index in [1.807, 2.05) is 37.3 Å². The zero-order valence-corrected chi connectivity index (χ0v) is 11.5. The van der Waals surface area contributed by atoms with E-state index in [1.165, 1.54) is 0 Å². The molecule has 1 aliphatic rings. The van der Waals surface area contributed by atoms with Crippen LogP contribution in [0.15, 0.2) is 30.3 Å². The summed E-state index contributed by atoms with van der Waals surface area (Å²) in [5, 5.41) is 13.6. The van der Waals surface area contributed by atoms with Crippen molar-refractivity contribution in [2.24, 2.45) is 0 Å². The second-order valence-electron chi connectivity index (χ2n) is 5.06. The normalized spacial score (nSPS) is 26.5. The van der Waals surface area contributed by atoms with E-state index in [2.05, 4.69) is 5.32 Å². The lowest BCUT2D eigenvalue weighted by molar-refractivity contribution is -0.0260. The third-order valence-corrected chi connectivity index (χ3v) is 3.60. The SMILES string of the molecule is CC1OCCC1(O)CNCCCOc1ccccc1. The van der Waals surface area contributed by atoms with E-state index in [0.717, 1.165) is 18.7 Å². The van der Waals surface area contributed by atoms with Gasteiger partial charge in [0.2, 0.25) is 0 Å². The summed E-state index contributed by atoms with van der Waals surface area (Å²) in [5.41, 5.74) is -0.708. The van der Waals surface area contributed by atoms with Crippen molar-refractivity contribution < 1.29 is 14.6 Å². The van der Waals surface area contributed by atoms with Gasteiger partial charge in [0, 0.05) is 19.6 Å². The molecule has 1 aromatic carbocycles. The fourth-order valence-corrected chi connectivity index (χ4v) is 2.21. The predicted molar refractivity (Wildman–Crippen MR) is 74.4 cm³/mol. The summed E-state index contributed by atoms with van der Waals surface area (Å²) in [5.74, 6) is 0.902. The molecule has 0 aliphatic carbocycles. The maximum Gasteiger partial charge on any atom is 0.119 e. The zero-order chi connectivity index (χ0) is 13.6. The standard InChI is InChI=1S/C15H23NO3/c1-13-15(17,8-11-18-13)12-16-9-5-10-19-14-6-3-2-4-7-14/h2-4,6-7,13,16-17H,5,8-12H2,1H3. The Morgan fingerprint density at radius 1 is 1.42 bits per heavy atom. The highest BCUT2D eigenvalue weighted by molar-refractivity contribution is 5.20. The molecule has 0 spiro atoms. The van der Waals surface area contributed by atoms with Gasteiger partial charge in [-0.3, -0.25) is 0 Å². The van der Waals surface area contributed by atoms with Gasteiger partial charge in [0.25, 0.3) is 0 Å². The van der Waals surface area contributed by atoms with Crippen LogP contribution in [0, 0.1) is 0 Å². The van der Waals surface area contributed by atoms with Crippen molar-refractivity contribution in [1.29, 1.82) is 0 Å². The van der Waals surface area contributed by atoms with Crippen LogP contribution in [0.1, 0.15) is 19.8 Å². The molecule has 0 bridgehead atoms. The van der Waals surface area contributed by atoms with E-state index in [-0.39, 0.29) is 6.10 Å². The fourth-order valence-electron chi connectivity index (χ4n) is 2.21. The third-order valence-electron chi connectivity index (χ3n) is 3.60. The van der Waals surface area contributed by atoms with Crippen molar-refractivity contribution in [3.05, 3.63) is 30.3 Å². The summed E-state index contributed by atoms with van der Waals surface area (Å²) in [6.07, 6.45) is 1.54. The van der Waals surface area contributed by atoms with Gasteiger partial charge in [-0.05, 0) is 32.0 Å². The first-order chi connectivity index (χ1) is 9.21. The molecule has 0 amide bonds. The highest BCUT2D eigenvalue weighted by atomic mass is 16.5. The first kappa shape index (κ1) is 14.3. The molecule has 2 N–H and O–H groups in total. The van der Waals surface area contributed by atoms with Gasteiger partial charge in [0.05, 0.1) is 12.7 Å². The first-order valence-corrected chi connectivity index (χ1v) is 6.93. The van der Waals surface area contributed by atoms with E-state index in [4.69, 9.17) is 9.47 Å². The minimum Gasteiger partial charge on any atom is -0.494 e. The monoisotopic (exact) mass is 265 g/mol. The Kier molecular flexibility index (Phi) is 5.19. The number of para-hydroxylation sites is 1. The minimum atomic E-state index is -0.708. The van der Waals surface area contributed by atoms with Crippen LogP contribution in [0.2, 0.25) is 0 Å². The van der Waals surface area contributed by atoms with E-state index >= 15 is 0 Å². The minimum absolute atomic E-state index is 0.0828. The molecule has 0 radical (unpaired) electrons. The van der Waals surface area contributed by atoms with Crippen LogP contribution in [0.5, 0.6) is 5.75 Å². The van der Waals surface area contributed by atoms with Crippen molar-refractivity contribution in [1.82, 2.24) is 5.32 Å². The molecule has 1 aliphatic heterocycles. The Bertz CT molecular complexity index is 371. The number of ether oxygens (including phenoxy) is 2. The largest absolute Gasteiger partial charge is 0.494 e. The van der Waals surface area contributed by atoms with Crippen molar-refractivity contribution in [3.63, 3.8) is 0 Å². The lowest BCUT2D eigenvalue weighted by Crippen LogP contribution is -2.46. The van der Waals surface area contributed by atoms with Crippen LogP contribution in [-0.4, -0.2) is 43.1 Å². The molecule has 1 heterocycles. The summed E-state index contributed by atoms with van der Waals surface area (Å²) in [7, 11) is 0. The topological polar surface area (TPSA) is 50.7 Å². The maximum atomic E-state index is 10.3. The summed E-state index contributed by atoms with van der Waals surface area (Å²) in [4.78, 5) is 0. The van der Waals surface area contributed by atoms with Crippen LogP contribution in [0.4, 0.5) is 0 Å². The van der Waals surface area contributed by atoms with Crippen LogP contribution in [0.25, 0.3) is 0 Å². The maximum absolute atomic E-state index is 10.3. The van der Waals surface area contributed by atoms with Crippen LogP contribution in [0.3, 0.4) is 0 Å². The summed E-state index contributed by atoms with van der Waals surface area (Å²) in [6, 6.07) is 9.80. The van der Waals surface area contributed by atoms with E-state index in [9.17, 15) is 5.11 Å². The summed E-state index contributed by atoms with van der Waals surface area (Å²) < 4.78 is 11.0. The van der Waals surface area contributed by atoms with E-state index in [0.29, 0.717) is 26.2 Å². The first-order valence-electron chi connectivity index (χ1n) is 6.93. The van der Waals surface area contributed by atoms with Crippen molar-refractivity contribution in [3.8, 4) is 5.75 Å². The van der Waals surface area contributed by atoms with Crippen LogP contribution < -0.4 is 10.1 Å². The Morgan fingerprint density at radius 2 is 2.21 bits per heavy atom. The van der Waals surface area contributed by atoms with Crippen molar-refractivity contribution in [2.45, 2.75) is 31.5 Å². The Labute approximate surface area is 114 Å². The molecular formula is C15H23NO3. The number of hydrogen-bond donors (Lipinski definition) is 2. The van der Waals surface area contributed by atoms with Gasteiger partial charge in [-0.2, -0.15) is 0 Å². The van der Waals surface area contributed by atoms with Crippen LogP contribution in [-0.2, 0) is 4.74 Å². The van der Waals surface area contributed by atoms with Gasteiger partial charge in [-0.15, -0.1) is 0 Å². The molecule has 0 aromatic heterocycles. The molecule has 2 atom stereocenters. The summed E-state index contributed by atoms with van der Waals surface area (Å²) >= 11 is 0. The Balaban J connectivity index is 1.55. The average molecular weight is 265 g/mol. The molecule has 2 unspecified atom stereocenters. The van der Waals surface area contributed by atoms with Crippen molar-refractivity contribution >= 4 is 0 Å². The second-order valence-corrected chi connectivity index (χ2v) is 5.06. The van der Waals surface area contributed by atoms with Gasteiger partial charge < -0.3 is 19.9 Å². The highest BCUT2D eigenvalue weighted by Crippen LogP contribution is 2.24. The lowest BCUT2D eigenvalue weighted by atomic mass is 9.97.